The number of anilines is 1. The van der Waals surface area contributed by atoms with E-state index in [0.717, 1.165) is 6.92 Å². The number of carboxylic acids is 2. The quantitative estimate of drug-likeness (QED) is 0.00505. The number of rotatable bonds is 42. The predicted octanol–water partition coefficient (Wildman–Crippen LogP) is -3.81. The zero-order valence-corrected chi connectivity index (χ0v) is 72.5. The van der Waals surface area contributed by atoms with Gasteiger partial charge in [0, 0.05) is 67.0 Å². The van der Waals surface area contributed by atoms with Gasteiger partial charge in [0.05, 0.1) is 44.8 Å². The summed E-state index contributed by atoms with van der Waals surface area (Å²) in [5.74, 6) is -19.7. The molecular weight excluding hydrogens is 1720 g/mol. The zero-order valence-electron chi connectivity index (χ0n) is 71.7. The second kappa shape index (κ2) is 47.6. The number of ether oxygens (including phenoxy) is 4. The van der Waals surface area contributed by atoms with Crippen molar-refractivity contribution in [3.63, 3.8) is 0 Å². The first-order valence-electron chi connectivity index (χ1n) is 41.6. The van der Waals surface area contributed by atoms with Gasteiger partial charge in [0.1, 0.15) is 102 Å². The number of phenolic OH excluding ortho intramolecular Hbond substituents is 2. The summed E-state index contributed by atoms with van der Waals surface area (Å²) in [6.45, 7) is 5.98. The first kappa shape index (κ1) is 101. The lowest BCUT2D eigenvalue weighted by molar-refractivity contribution is -0.143. The van der Waals surface area contributed by atoms with E-state index in [1.165, 1.54) is 41.3 Å². The van der Waals surface area contributed by atoms with Gasteiger partial charge in [-0.3, -0.25) is 82.1 Å². The Morgan fingerprint density at radius 2 is 1.22 bits per heavy atom. The number of aliphatic hydroxyl groups is 1. The van der Waals surface area contributed by atoms with Crippen molar-refractivity contribution in [2.45, 2.75) is 183 Å². The fraction of sp³-hybridized carbons (Fsp3) is 0.464. The lowest BCUT2D eigenvalue weighted by Gasteiger charge is -2.36. The average molecular weight is 1830 g/mol. The van der Waals surface area contributed by atoms with Gasteiger partial charge in [-0.2, -0.15) is 0 Å². The van der Waals surface area contributed by atoms with Crippen molar-refractivity contribution in [3.8, 4) is 23.0 Å². The average Bonchev–Trinajstić information content (AvgIpc) is 1.51. The summed E-state index contributed by atoms with van der Waals surface area (Å²) < 4.78 is 23.2. The maximum absolute atomic E-state index is 14.9. The van der Waals surface area contributed by atoms with Gasteiger partial charge in [0.2, 0.25) is 82.7 Å². The molecule has 45 nitrogen and oxygen atoms in total. The number of aliphatic hydroxyl groups excluding tert-OH is 1. The van der Waals surface area contributed by atoms with Gasteiger partial charge in [-0.25, -0.2) is 4.79 Å². The number of primary amides is 2. The third-order valence-corrected chi connectivity index (χ3v) is 21.4. The smallest absolute Gasteiger partial charge is 0.340 e. The van der Waals surface area contributed by atoms with Crippen LogP contribution in [0.2, 0.25) is 0 Å². The van der Waals surface area contributed by atoms with E-state index < -0.39 is 248 Å². The van der Waals surface area contributed by atoms with E-state index in [-0.39, 0.29) is 105 Å². The molecule has 702 valence electrons. The monoisotopic (exact) mass is 1830 g/mol. The van der Waals surface area contributed by atoms with Crippen molar-refractivity contribution in [2.24, 2.45) is 29.0 Å². The van der Waals surface area contributed by atoms with Gasteiger partial charge in [0.25, 0.3) is 0 Å². The Morgan fingerprint density at radius 1 is 0.623 bits per heavy atom. The number of thiocarbonyl (C=S) groups is 1. The van der Waals surface area contributed by atoms with E-state index in [2.05, 4.69) is 74.4 Å². The summed E-state index contributed by atoms with van der Waals surface area (Å²) in [7, 11) is 0. The zero-order chi connectivity index (χ0) is 95.4. The molecule has 4 heterocycles. The number of guanidine groups is 1. The standard InChI is InChI=1S/C84H109N19O26S/c1-41(2)67(101-74(118)54(17-11-27-89-82(87)88)95-77(121)59(39-104)93-64(108)40-127-32-31-126-30-28-90-83(130)92-45-19-22-49-48(34-45)81(125)129-84(49)50-23-20-46(105)35-61(50)128-62-36-47(106)21-24-51(62)84)79(123)102-68(42(3)4)80(124)103-29-12-18-60(103)78(122)97-53-16-10-9-15-52(72(116)100-58(38-66(111)112)75(119)91-43(5)70(114)98-56(69(86)113)37-65(109)110)94-76(120)57(33-44-13-7-6-8-14-44)99-73(117)55(96-71(53)115)25-26-63(85)107/h6-10,13-14,19-24,34-36,41-43,52-60,67-68,104-106H,11-12,15-18,25-33,37-40H2,1-5H3,(H2,85,107)(H2,86,113)(H,91,119)(H,93,108)(H,94,120)(H,95,121)(H,96,115)(H,97,122)(H,98,114)(H,99,117)(H,100,116)(H,101,118)(H,102,123)(H,109,110)(H,111,112)(H4,87,88,89)(H2,90,92,130)/b10-9+/t43-,52+,53-,54-,55-,56-,57-,58-,59-,60-,67-,68-/m0/s1. The maximum atomic E-state index is 14.9. The van der Waals surface area contributed by atoms with Gasteiger partial charge < -0.3 is 141 Å². The number of likely N-dealkylation sites (tertiary alicyclic amines) is 1. The fourth-order valence-corrected chi connectivity index (χ4v) is 14.7. The van der Waals surface area contributed by atoms with Crippen LogP contribution in [0, 0.1) is 17.2 Å². The number of phenols is 2. The highest BCUT2D eigenvalue weighted by Crippen LogP contribution is 2.57. The van der Waals surface area contributed by atoms with Crippen LogP contribution in [0.15, 0.2) is 97.1 Å². The van der Waals surface area contributed by atoms with Crippen LogP contribution in [0.25, 0.3) is 0 Å². The number of nitrogens with one attached hydrogen (secondary N) is 15. The Balaban J connectivity index is 0.872. The molecule has 4 aliphatic heterocycles. The van der Waals surface area contributed by atoms with Crippen molar-refractivity contribution in [3.05, 3.63) is 125 Å². The molecule has 8 rings (SSSR count). The molecule has 4 aromatic rings. The Bertz CT molecular complexity index is 4890. The number of esters is 1. The van der Waals surface area contributed by atoms with Gasteiger partial charge >= 0.3 is 17.9 Å². The van der Waals surface area contributed by atoms with Crippen molar-refractivity contribution in [1.29, 1.82) is 5.41 Å². The molecule has 14 amide bonds. The van der Waals surface area contributed by atoms with Crippen LogP contribution in [0.1, 0.15) is 131 Å². The SMILES string of the molecule is CC(C)[C@H](NC(=O)[C@H](CCCNC(=N)N)NC(=O)[C@H](CO)NC(=O)COCCOCCNC(=S)Nc1ccc2c(c1)C(=O)OC21c2ccc(O)cc2Oc2cc(O)ccc21)C(=O)N[C@H](C(=O)N1CCC[C@H]1C(=O)N[C@H]1C/C=C/C[C@H](C(=O)N[C@@H](CC(=O)O)C(=O)N[C@@H](C)C(=O)N[C@@H](CC(=O)O)C(N)=O)NC(=O)[C@H](Cc2ccccc2)NC(=O)[C@H](CCC(N)=O)NC1=O)C(C)C. The van der Waals surface area contributed by atoms with E-state index in [0.29, 0.717) is 27.9 Å². The molecule has 1 saturated heterocycles. The number of carboxylic acid groups (broad SMARTS) is 2. The van der Waals surface area contributed by atoms with Crippen molar-refractivity contribution >= 4 is 130 Å². The molecule has 0 aromatic heterocycles. The summed E-state index contributed by atoms with van der Waals surface area (Å²) in [6, 6.07) is 2.59. The van der Waals surface area contributed by atoms with Crippen LogP contribution in [0.4, 0.5) is 5.69 Å². The number of carbonyl (C=O) groups is 17. The molecule has 0 saturated carbocycles. The normalized spacial score (nSPS) is 18.6. The third-order valence-electron chi connectivity index (χ3n) is 21.1. The summed E-state index contributed by atoms with van der Waals surface area (Å²) >= 11 is 5.50. The Morgan fingerprint density at radius 3 is 1.85 bits per heavy atom. The van der Waals surface area contributed by atoms with Crippen LogP contribution >= 0.6 is 12.2 Å². The van der Waals surface area contributed by atoms with Gasteiger partial charge in [-0.15, -0.1) is 0 Å². The third kappa shape index (κ3) is 28.4. The van der Waals surface area contributed by atoms with E-state index in [4.69, 9.17) is 53.8 Å². The molecule has 1 spiro atoms. The van der Waals surface area contributed by atoms with Crippen LogP contribution in [0.3, 0.4) is 0 Å². The second-order valence-electron chi connectivity index (χ2n) is 31.7. The Hall–Kier alpha value is -14.1. The number of carbonyl (C=O) groups excluding carboxylic acids is 15. The predicted molar refractivity (Wildman–Crippen MR) is 462 cm³/mol. The van der Waals surface area contributed by atoms with Gasteiger partial charge in [-0.1, -0.05) is 76.2 Å². The first-order valence-corrected chi connectivity index (χ1v) is 42.0. The number of hydrogen-bond acceptors (Lipinski definition) is 26. The minimum atomic E-state index is -2.00. The molecule has 0 radical (unpaired) electrons. The maximum Gasteiger partial charge on any atom is 0.340 e. The fourth-order valence-electron chi connectivity index (χ4n) is 14.5. The summed E-state index contributed by atoms with van der Waals surface area (Å²) in [5.41, 5.74) is 17.3. The lowest BCUT2D eigenvalue weighted by atomic mass is 9.77. The minimum Gasteiger partial charge on any atom is -0.508 e. The molecule has 0 bridgehead atoms. The van der Waals surface area contributed by atoms with Crippen LogP contribution in [-0.2, 0) is 103 Å². The van der Waals surface area contributed by atoms with E-state index in [9.17, 15) is 107 Å². The molecule has 0 aliphatic carbocycles. The molecule has 26 N–H and O–H groups in total. The number of fused-ring (bicyclic) bond motifs is 6. The van der Waals surface area contributed by atoms with Crippen molar-refractivity contribution in [1.82, 2.24) is 74.0 Å². The summed E-state index contributed by atoms with van der Waals surface area (Å²) in [5, 5.41) is 93.3. The molecule has 12 atom stereocenters. The molecule has 4 aromatic carbocycles. The minimum absolute atomic E-state index is 0.00138. The number of nitrogens with zero attached hydrogens (tertiary/aromatic N) is 1. The first-order chi connectivity index (χ1) is 61.7. The highest BCUT2D eigenvalue weighted by atomic mass is 32.1. The Kier molecular flexibility index (Phi) is 37.1. The van der Waals surface area contributed by atoms with Gasteiger partial charge in [-0.05, 0) is 118 Å². The number of aromatic hydroxyl groups is 2. The molecule has 46 heteroatoms. The number of benzene rings is 4. The van der Waals surface area contributed by atoms with Crippen LogP contribution in [0.5, 0.6) is 23.0 Å². The molecule has 0 unspecified atom stereocenters. The van der Waals surface area contributed by atoms with Gasteiger partial charge in [0.15, 0.2) is 16.7 Å². The van der Waals surface area contributed by atoms with Crippen LogP contribution in [-0.4, -0.2) is 267 Å². The van der Waals surface area contributed by atoms with Crippen molar-refractivity contribution in [2.75, 3.05) is 58.0 Å². The van der Waals surface area contributed by atoms with E-state index >= 15 is 0 Å². The molecule has 130 heavy (non-hydrogen) atoms. The number of hydrogen-bond donors (Lipinski definition) is 23. The summed E-state index contributed by atoms with van der Waals surface area (Å²) in [4.78, 5) is 233. The number of amides is 14. The second-order valence-corrected chi connectivity index (χ2v) is 32.1. The summed E-state index contributed by atoms with van der Waals surface area (Å²) in [6.07, 6.45) is -1.58. The molecular formula is C84H109N19O26S. The lowest BCUT2D eigenvalue weighted by Crippen LogP contribution is -2.62. The Labute approximate surface area is 749 Å². The highest BCUT2D eigenvalue weighted by Gasteiger charge is 2.54. The van der Waals surface area contributed by atoms with Crippen LogP contribution < -0.4 is 96.4 Å². The largest absolute Gasteiger partial charge is 0.508 e. The highest BCUT2D eigenvalue weighted by molar-refractivity contribution is 7.80. The van der Waals surface area contributed by atoms with E-state index in [1.807, 2.05) is 0 Å². The van der Waals surface area contributed by atoms with E-state index in [1.54, 1.807) is 88.4 Å². The topological polar surface area (TPSA) is 702 Å². The number of nitrogens with two attached hydrogens (primary N) is 3. The molecule has 1 fully saturated rings. The molecule has 4 aliphatic rings. The van der Waals surface area contributed by atoms with Crippen molar-refractivity contribution < 1.29 is 126 Å². The number of aliphatic carboxylic acids is 2.